The van der Waals surface area contributed by atoms with E-state index in [0.717, 1.165) is 16.0 Å². The number of thiophene rings is 1. The molecule has 0 saturated carbocycles. The zero-order valence-electron chi connectivity index (χ0n) is 16.1. The minimum atomic E-state index is -0.00304. The van der Waals surface area contributed by atoms with Gasteiger partial charge >= 0.3 is 0 Å². The Labute approximate surface area is 173 Å². The predicted molar refractivity (Wildman–Crippen MR) is 113 cm³/mol. The minimum Gasteiger partial charge on any atom is -0.337 e. The summed E-state index contributed by atoms with van der Waals surface area (Å²) in [7, 11) is 1.77. The number of nitrogens with zero attached hydrogens (tertiary/aromatic N) is 3. The summed E-state index contributed by atoms with van der Waals surface area (Å²) < 4.78 is 5.34. The molecule has 0 spiro atoms. The van der Waals surface area contributed by atoms with Crippen molar-refractivity contribution >= 4 is 17.2 Å². The van der Waals surface area contributed by atoms with E-state index in [-0.39, 0.29) is 18.4 Å². The summed E-state index contributed by atoms with van der Waals surface area (Å²) in [6.45, 7) is 0.285. The van der Waals surface area contributed by atoms with Crippen LogP contribution in [0.2, 0.25) is 0 Å². The average Bonchev–Trinajstić information content (AvgIpc) is 3.45. The van der Waals surface area contributed by atoms with Crippen LogP contribution in [-0.2, 0) is 11.3 Å². The fourth-order valence-corrected chi connectivity index (χ4v) is 3.89. The van der Waals surface area contributed by atoms with Gasteiger partial charge < -0.3 is 9.42 Å². The van der Waals surface area contributed by atoms with Crippen LogP contribution in [0.3, 0.4) is 0 Å². The van der Waals surface area contributed by atoms with Crippen LogP contribution in [0, 0.1) is 0 Å². The molecule has 0 aliphatic rings. The molecule has 4 rings (SSSR count). The van der Waals surface area contributed by atoms with Crippen LogP contribution in [0.25, 0.3) is 10.7 Å². The Kier molecular flexibility index (Phi) is 5.81. The molecular weight excluding hydrogens is 382 g/mol. The Morgan fingerprint density at radius 1 is 1.00 bits per heavy atom. The largest absolute Gasteiger partial charge is 0.337 e. The van der Waals surface area contributed by atoms with Gasteiger partial charge in [0, 0.05) is 19.4 Å². The molecule has 146 valence electrons. The molecule has 2 aromatic heterocycles. The lowest BCUT2D eigenvalue weighted by atomic mass is 9.88. The lowest BCUT2D eigenvalue weighted by molar-refractivity contribution is -0.131. The van der Waals surface area contributed by atoms with E-state index in [0.29, 0.717) is 18.1 Å². The maximum atomic E-state index is 13.0. The van der Waals surface area contributed by atoms with E-state index in [1.54, 1.807) is 23.3 Å². The summed E-state index contributed by atoms with van der Waals surface area (Å²) in [5.74, 6) is 1.01. The fourth-order valence-electron chi connectivity index (χ4n) is 3.25. The lowest BCUT2D eigenvalue weighted by Gasteiger charge is -2.21. The molecule has 5 nitrogen and oxygen atoms in total. The zero-order valence-corrected chi connectivity index (χ0v) is 16.9. The van der Waals surface area contributed by atoms with Gasteiger partial charge in [0.15, 0.2) is 0 Å². The van der Waals surface area contributed by atoms with E-state index in [4.69, 9.17) is 4.52 Å². The van der Waals surface area contributed by atoms with Crippen LogP contribution >= 0.6 is 11.3 Å². The summed E-state index contributed by atoms with van der Waals surface area (Å²) >= 11 is 1.55. The van der Waals surface area contributed by atoms with E-state index < -0.39 is 0 Å². The van der Waals surface area contributed by atoms with Crippen molar-refractivity contribution in [1.29, 1.82) is 0 Å². The molecule has 0 radical (unpaired) electrons. The zero-order chi connectivity index (χ0) is 20.1. The molecule has 6 heteroatoms. The molecule has 4 aromatic rings. The number of hydrogen-bond acceptors (Lipinski definition) is 5. The van der Waals surface area contributed by atoms with E-state index in [1.807, 2.05) is 53.9 Å². The molecule has 2 aromatic carbocycles. The first kappa shape index (κ1) is 19.1. The number of carbonyl (C=O) groups excluding carboxylic acids is 1. The van der Waals surface area contributed by atoms with Crippen molar-refractivity contribution in [3.8, 4) is 10.7 Å². The average molecular weight is 404 g/mol. The van der Waals surface area contributed by atoms with Gasteiger partial charge in [-0.1, -0.05) is 71.9 Å². The van der Waals surface area contributed by atoms with Crippen LogP contribution in [0.15, 0.2) is 82.7 Å². The Bertz CT molecular complexity index is 1010. The highest BCUT2D eigenvalue weighted by molar-refractivity contribution is 7.13. The van der Waals surface area contributed by atoms with Gasteiger partial charge in [0.2, 0.25) is 17.6 Å². The molecular formula is C23H21N3O2S. The molecule has 0 atom stereocenters. The summed E-state index contributed by atoms with van der Waals surface area (Å²) in [4.78, 5) is 20.0. The smallest absolute Gasteiger partial charge is 0.246 e. The second-order valence-electron chi connectivity index (χ2n) is 6.82. The molecule has 0 saturated heterocycles. The molecule has 2 heterocycles. The highest BCUT2D eigenvalue weighted by Gasteiger charge is 2.22. The predicted octanol–water partition coefficient (Wildman–Crippen LogP) is 4.98. The monoisotopic (exact) mass is 403 g/mol. The van der Waals surface area contributed by atoms with E-state index >= 15 is 0 Å². The van der Waals surface area contributed by atoms with Crippen LogP contribution in [0.4, 0.5) is 0 Å². The van der Waals surface area contributed by atoms with E-state index in [1.165, 1.54) is 0 Å². The van der Waals surface area contributed by atoms with E-state index in [2.05, 4.69) is 34.4 Å². The molecule has 0 aliphatic heterocycles. The van der Waals surface area contributed by atoms with Crippen LogP contribution in [0.5, 0.6) is 0 Å². The first-order chi connectivity index (χ1) is 14.2. The highest BCUT2D eigenvalue weighted by atomic mass is 32.1. The van der Waals surface area contributed by atoms with Crippen LogP contribution in [0.1, 0.15) is 29.4 Å². The third-order valence-corrected chi connectivity index (χ3v) is 5.66. The van der Waals surface area contributed by atoms with Gasteiger partial charge in [0.05, 0.1) is 11.4 Å². The Balaban J connectivity index is 1.47. The van der Waals surface area contributed by atoms with Gasteiger partial charge in [0.25, 0.3) is 0 Å². The van der Waals surface area contributed by atoms with Crippen molar-refractivity contribution < 1.29 is 9.32 Å². The second-order valence-corrected chi connectivity index (χ2v) is 7.76. The van der Waals surface area contributed by atoms with Gasteiger partial charge in [-0.25, -0.2) is 0 Å². The second kappa shape index (κ2) is 8.84. The number of aromatic nitrogens is 2. The molecule has 0 unspecified atom stereocenters. The van der Waals surface area contributed by atoms with Crippen molar-refractivity contribution in [2.24, 2.45) is 0 Å². The Morgan fingerprint density at radius 2 is 1.66 bits per heavy atom. The maximum absolute atomic E-state index is 13.0. The Hall–Kier alpha value is -3.25. The summed E-state index contributed by atoms with van der Waals surface area (Å²) in [6.07, 6.45) is 0.371. The summed E-state index contributed by atoms with van der Waals surface area (Å²) in [6, 6.07) is 24.1. The number of hydrogen-bond donors (Lipinski definition) is 0. The number of carbonyl (C=O) groups is 1. The van der Waals surface area contributed by atoms with Gasteiger partial charge in [-0.3, -0.25) is 4.79 Å². The van der Waals surface area contributed by atoms with Crippen molar-refractivity contribution in [2.45, 2.75) is 18.9 Å². The van der Waals surface area contributed by atoms with Gasteiger partial charge in [-0.2, -0.15) is 4.98 Å². The van der Waals surface area contributed by atoms with Crippen molar-refractivity contribution in [3.05, 3.63) is 95.2 Å². The molecule has 0 aliphatic carbocycles. The third kappa shape index (κ3) is 4.60. The van der Waals surface area contributed by atoms with Crippen molar-refractivity contribution in [3.63, 3.8) is 0 Å². The van der Waals surface area contributed by atoms with Crippen LogP contribution in [-0.4, -0.2) is 28.0 Å². The van der Waals surface area contributed by atoms with Crippen molar-refractivity contribution in [1.82, 2.24) is 15.0 Å². The van der Waals surface area contributed by atoms with E-state index in [9.17, 15) is 4.79 Å². The number of benzene rings is 2. The first-order valence-electron chi connectivity index (χ1n) is 9.41. The Morgan fingerprint density at radius 3 is 2.24 bits per heavy atom. The SMILES string of the molecule is CN(Cc1nc(-c2cccs2)no1)C(=O)CC(c1ccccc1)c1ccccc1. The molecule has 0 fully saturated rings. The maximum Gasteiger partial charge on any atom is 0.246 e. The fraction of sp³-hybridized carbons (Fsp3) is 0.174. The first-order valence-corrected chi connectivity index (χ1v) is 10.3. The van der Waals surface area contributed by atoms with Gasteiger partial charge in [-0.15, -0.1) is 11.3 Å². The topological polar surface area (TPSA) is 59.2 Å². The standard InChI is InChI=1S/C23H21N3O2S/c1-26(16-21-24-23(25-28-21)20-13-8-14-29-20)22(27)15-19(17-9-4-2-5-10-17)18-11-6-3-7-12-18/h2-14,19H,15-16H2,1H3. The third-order valence-electron chi connectivity index (χ3n) is 4.79. The lowest BCUT2D eigenvalue weighted by Crippen LogP contribution is -2.28. The molecule has 0 bridgehead atoms. The van der Waals surface area contributed by atoms with Gasteiger partial charge in [-0.05, 0) is 22.6 Å². The molecule has 0 N–H and O–H groups in total. The molecule has 1 amide bonds. The number of amides is 1. The minimum absolute atomic E-state index is 0.00304. The van der Waals surface area contributed by atoms with Crippen molar-refractivity contribution in [2.75, 3.05) is 7.05 Å². The molecule has 29 heavy (non-hydrogen) atoms. The van der Waals surface area contributed by atoms with Crippen LogP contribution < -0.4 is 0 Å². The highest BCUT2D eigenvalue weighted by Crippen LogP contribution is 2.29. The summed E-state index contributed by atoms with van der Waals surface area (Å²) in [5, 5.41) is 5.98. The van der Waals surface area contributed by atoms with Gasteiger partial charge in [0.1, 0.15) is 0 Å². The number of rotatable bonds is 7. The summed E-state index contributed by atoms with van der Waals surface area (Å²) in [5.41, 5.74) is 2.25. The normalized spacial score (nSPS) is 11.0. The quantitative estimate of drug-likeness (QED) is 0.437.